The van der Waals surface area contributed by atoms with E-state index in [2.05, 4.69) is 15.4 Å². The van der Waals surface area contributed by atoms with Gasteiger partial charge in [0.05, 0.1) is 25.0 Å². The molecule has 0 aliphatic heterocycles. The monoisotopic (exact) mass is 378 g/mol. The number of nitrogens with zero attached hydrogens (tertiary/aromatic N) is 2. The second-order valence-corrected chi connectivity index (χ2v) is 6.89. The topological polar surface area (TPSA) is 89.0 Å². The molecule has 4 rings (SSSR count). The fraction of sp³-hybridized carbons (Fsp3) is 0.286. The molecule has 0 saturated heterocycles. The van der Waals surface area contributed by atoms with Crippen LogP contribution in [0.1, 0.15) is 50.6 Å². The lowest BCUT2D eigenvalue weighted by atomic mass is 9.94. The summed E-state index contributed by atoms with van der Waals surface area (Å²) in [7, 11) is 1.63. The van der Waals surface area contributed by atoms with Crippen molar-refractivity contribution in [3.05, 3.63) is 64.7 Å². The number of ketones is 1. The van der Waals surface area contributed by atoms with Crippen LogP contribution in [0.15, 0.2) is 36.5 Å². The number of hydrogen-bond donors (Lipinski definition) is 2. The van der Waals surface area contributed by atoms with Gasteiger partial charge in [-0.3, -0.25) is 9.59 Å². The molecule has 1 amide bonds. The summed E-state index contributed by atoms with van der Waals surface area (Å²) in [5.74, 6) is 0.678. The number of H-pyrrole nitrogens is 1. The lowest BCUT2D eigenvalue weighted by Crippen LogP contribution is -2.24. The van der Waals surface area contributed by atoms with Crippen molar-refractivity contribution in [1.29, 1.82) is 0 Å². The van der Waals surface area contributed by atoms with E-state index in [1.54, 1.807) is 11.8 Å². The minimum absolute atomic E-state index is 0.118. The van der Waals surface area contributed by atoms with Crippen molar-refractivity contribution in [3.8, 4) is 11.4 Å². The van der Waals surface area contributed by atoms with Crippen molar-refractivity contribution in [1.82, 2.24) is 20.1 Å². The Bertz CT molecular complexity index is 1030. The van der Waals surface area contributed by atoms with Gasteiger partial charge in [-0.05, 0) is 55.7 Å². The van der Waals surface area contributed by atoms with E-state index in [1.807, 2.05) is 43.5 Å². The number of rotatable bonds is 5. The van der Waals surface area contributed by atoms with E-state index < -0.39 is 0 Å². The van der Waals surface area contributed by atoms with Gasteiger partial charge in [0.15, 0.2) is 5.78 Å². The number of fused-ring (bicyclic) bond motifs is 1. The lowest BCUT2D eigenvalue weighted by Gasteiger charge is -2.09. The van der Waals surface area contributed by atoms with Crippen LogP contribution in [-0.2, 0) is 13.0 Å². The van der Waals surface area contributed by atoms with Gasteiger partial charge in [0, 0.05) is 23.9 Å². The van der Waals surface area contributed by atoms with Crippen LogP contribution < -0.4 is 10.1 Å². The molecule has 2 N–H and O–H groups in total. The van der Waals surface area contributed by atoms with Crippen LogP contribution in [0.3, 0.4) is 0 Å². The molecular weight excluding hydrogens is 356 g/mol. The summed E-state index contributed by atoms with van der Waals surface area (Å²) in [6.07, 6.45) is 4.03. The average molecular weight is 378 g/mol. The molecule has 0 bridgehead atoms. The van der Waals surface area contributed by atoms with Crippen molar-refractivity contribution >= 4 is 11.7 Å². The Kier molecular flexibility index (Phi) is 4.73. The van der Waals surface area contributed by atoms with Gasteiger partial charge >= 0.3 is 0 Å². The van der Waals surface area contributed by atoms with Gasteiger partial charge < -0.3 is 15.0 Å². The third-order valence-corrected chi connectivity index (χ3v) is 5.08. The number of aromatic nitrogens is 3. The second kappa shape index (κ2) is 7.34. The van der Waals surface area contributed by atoms with E-state index in [9.17, 15) is 9.59 Å². The average Bonchev–Trinajstić information content (AvgIpc) is 3.32. The maximum atomic E-state index is 12.6. The molecule has 1 aliphatic carbocycles. The van der Waals surface area contributed by atoms with E-state index in [4.69, 9.17) is 4.74 Å². The minimum atomic E-state index is -0.223. The van der Waals surface area contributed by atoms with E-state index in [0.29, 0.717) is 24.2 Å². The Labute approximate surface area is 162 Å². The number of ether oxygens (including phenoxy) is 1. The first kappa shape index (κ1) is 18.0. The third-order valence-electron chi connectivity index (χ3n) is 5.08. The first-order valence-electron chi connectivity index (χ1n) is 9.28. The van der Waals surface area contributed by atoms with Crippen LogP contribution in [0.2, 0.25) is 0 Å². The molecule has 7 heteroatoms. The first-order valence-corrected chi connectivity index (χ1v) is 9.28. The quantitative estimate of drug-likeness (QED) is 0.714. The van der Waals surface area contributed by atoms with Crippen molar-refractivity contribution in [2.75, 3.05) is 7.11 Å². The molecular formula is C21H22N4O3. The van der Waals surface area contributed by atoms with E-state index in [-0.39, 0.29) is 11.7 Å². The van der Waals surface area contributed by atoms with Crippen molar-refractivity contribution < 1.29 is 14.3 Å². The highest BCUT2D eigenvalue weighted by Crippen LogP contribution is 2.26. The Morgan fingerprint density at radius 1 is 1.25 bits per heavy atom. The first-order chi connectivity index (χ1) is 13.6. The number of aromatic amines is 1. The zero-order valence-corrected chi connectivity index (χ0v) is 15.9. The van der Waals surface area contributed by atoms with E-state index in [0.717, 1.165) is 41.2 Å². The summed E-state index contributed by atoms with van der Waals surface area (Å²) < 4.78 is 6.91. The Morgan fingerprint density at radius 2 is 2.04 bits per heavy atom. The predicted octanol–water partition coefficient (Wildman–Crippen LogP) is 2.97. The lowest BCUT2D eigenvalue weighted by molar-refractivity contribution is 0.0944. The summed E-state index contributed by atoms with van der Waals surface area (Å²) in [6.45, 7) is 2.13. The predicted molar refractivity (Wildman–Crippen MR) is 104 cm³/mol. The molecule has 2 aromatic heterocycles. The van der Waals surface area contributed by atoms with Gasteiger partial charge in [0.2, 0.25) is 0 Å². The minimum Gasteiger partial charge on any atom is -0.497 e. The normalized spacial score (nSPS) is 13.3. The third kappa shape index (κ3) is 3.31. The number of aryl methyl sites for hydroxylation is 1. The molecule has 1 aliphatic rings. The van der Waals surface area contributed by atoms with Crippen LogP contribution >= 0.6 is 0 Å². The van der Waals surface area contributed by atoms with Gasteiger partial charge in [0.25, 0.3) is 5.91 Å². The maximum Gasteiger partial charge on any atom is 0.268 e. The van der Waals surface area contributed by atoms with Crippen LogP contribution in [-0.4, -0.2) is 33.6 Å². The smallest absolute Gasteiger partial charge is 0.268 e. The highest BCUT2D eigenvalue weighted by atomic mass is 16.5. The summed E-state index contributed by atoms with van der Waals surface area (Å²) in [5.41, 5.74) is 4.43. The number of Topliss-reactive ketones (excluding diaryl/α,β-unsaturated/α-hetero) is 1. The summed E-state index contributed by atoms with van der Waals surface area (Å²) in [6, 6.07) is 9.43. The van der Waals surface area contributed by atoms with Crippen molar-refractivity contribution in [2.45, 2.75) is 32.7 Å². The van der Waals surface area contributed by atoms with Crippen molar-refractivity contribution in [3.63, 3.8) is 0 Å². The Morgan fingerprint density at radius 3 is 2.75 bits per heavy atom. The number of carbonyl (C=O) groups excluding carboxylic acids is 2. The molecule has 2 heterocycles. The number of hydrogen-bond acceptors (Lipinski definition) is 4. The molecule has 0 spiro atoms. The molecule has 0 radical (unpaired) electrons. The molecule has 28 heavy (non-hydrogen) atoms. The number of methoxy groups -OCH3 is 1. The van der Waals surface area contributed by atoms with Gasteiger partial charge in [0.1, 0.15) is 11.4 Å². The van der Waals surface area contributed by atoms with Gasteiger partial charge in [-0.1, -0.05) is 0 Å². The summed E-state index contributed by atoms with van der Waals surface area (Å²) in [5, 5.41) is 7.38. The number of nitrogens with one attached hydrogen (secondary N) is 2. The van der Waals surface area contributed by atoms with Crippen LogP contribution in [0.4, 0.5) is 0 Å². The molecule has 0 saturated carbocycles. The largest absolute Gasteiger partial charge is 0.497 e. The fourth-order valence-corrected chi connectivity index (χ4v) is 3.60. The van der Waals surface area contributed by atoms with E-state index in [1.165, 1.54) is 0 Å². The zero-order chi connectivity index (χ0) is 19.7. The van der Waals surface area contributed by atoms with Crippen LogP contribution in [0.5, 0.6) is 5.75 Å². The molecule has 0 atom stereocenters. The number of carbonyl (C=O) groups is 2. The maximum absolute atomic E-state index is 12.6. The zero-order valence-electron chi connectivity index (χ0n) is 15.9. The van der Waals surface area contributed by atoms with Gasteiger partial charge in [-0.15, -0.1) is 0 Å². The number of benzene rings is 1. The van der Waals surface area contributed by atoms with Gasteiger partial charge in [-0.2, -0.15) is 5.10 Å². The molecule has 144 valence electrons. The highest BCUT2D eigenvalue weighted by molar-refractivity contribution is 6.04. The van der Waals surface area contributed by atoms with Crippen LogP contribution in [0.25, 0.3) is 5.69 Å². The molecule has 0 fully saturated rings. The molecule has 1 aromatic carbocycles. The SMILES string of the molecule is COc1ccc(-n2ccc(CNC(=O)c3[nH]c4c(c3C)C(=O)CCC4)n2)cc1. The van der Waals surface area contributed by atoms with Crippen molar-refractivity contribution in [2.24, 2.45) is 0 Å². The summed E-state index contributed by atoms with van der Waals surface area (Å²) in [4.78, 5) is 27.9. The van der Waals surface area contributed by atoms with E-state index >= 15 is 0 Å². The Hall–Kier alpha value is -3.35. The highest BCUT2D eigenvalue weighted by Gasteiger charge is 2.26. The Balaban J connectivity index is 1.44. The second-order valence-electron chi connectivity index (χ2n) is 6.89. The van der Waals surface area contributed by atoms with Crippen LogP contribution in [0, 0.1) is 6.92 Å². The standard InChI is InChI=1S/C21H22N4O3/c1-13-19-17(4-3-5-18(19)26)23-20(13)21(27)22-12-14-10-11-25(24-14)15-6-8-16(28-2)9-7-15/h6-11,23H,3-5,12H2,1-2H3,(H,22,27). The molecule has 3 aromatic rings. The number of amides is 1. The summed E-state index contributed by atoms with van der Waals surface area (Å²) >= 11 is 0. The van der Waals surface area contributed by atoms with Gasteiger partial charge in [-0.25, -0.2) is 4.68 Å². The molecule has 0 unspecified atom stereocenters. The molecule has 7 nitrogen and oxygen atoms in total. The fourth-order valence-electron chi connectivity index (χ4n) is 3.60.